The average molecular weight is 813 g/mol. The lowest BCUT2D eigenvalue weighted by atomic mass is 9.98. The molecule has 0 aromatic carbocycles. The molecule has 1 aliphatic heterocycles. The van der Waals surface area contributed by atoms with E-state index >= 15 is 0 Å². The Balaban J connectivity index is 3.58. The van der Waals surface area contributed by atoms with Gasteiger partial charge in [0, 0.05) is 39.8 Å². The van der Waals surface area contributed by atoms with E-state index in [9.17, 15) is 38.4 Å². The minimum Gasteiger partial charge on any atom is -0.463 e. The lowest BCUT2D eigenvalue weighted by molar-refractivity contribution is -0.308. The third-order valence-corrected chi connectivity index (χ3v) is 7.59. The number of terminal acetylenes is 1. The fourth-order valence-electron chi connectivity index (χ4n) is 5.40. The minimum absolute atomic E-state index is 0.0418. The molecule has 0 aromatic rings. The first-order valence-corrected chi connectivity index (χ1v) is 18.5. The maximum absolute atomic E-state index is 14.1. The van der Waals surface area contributed by atoms with E-state index in [2.05, 4.69) is 21.9 Å². The summed E-state index contributed by atoms with van der Waals surface area (Å²) < 4.78 is 38.8. The van der Waals surface area contributed by atoms with Crippen molar-refractivity contribution in [2.75, 3.05) is 26.3 Å². The molecular weight excluding hydrogens is 752 g/mol. The van der Waals surface area contributed by atoms with Gasteiger partial charge in [-0.25, -0.2) is 9.59 Å². The summed E-state index contributed by atoms with van der Waals surface area (Å²) in [6.07, 6.45) is -2.41. The fraction of sp³-hybridized carbons (Fsp3) is 0.737. The normalized spacial score (nSPS) is 20.4. The first kappa shape index (κ1) is 50.1. The highest BCUT2D eigenvalue weighted by atomic mass is 16.7. The quantitative estimate of drug-likeness (QED) is 0.0765. The molecule has 1 unspecified atom stereocenters. The molecule has 1 fully saturated rings. The molecule has 0 radical (unpaired) electrons. The molecule has 3 N–H and O–H groups in total. The van der Waals surface area contributed by atoms with Crippen LogP contribution in [0.2, 0.25) is 0 Å². The summed E-state index contributed by atoms with van der Waals surface area (Å²) in [6, 6.07) is -3.37. The van der Waals surface area contributed by atoms with Crippen LogP contribution in [0, 0.1) is 18.3 Å². The molecule has 1 heterocycles. The zero-order valence-electron chi connectivity index (χ0n) is 35.0. The van der Waals surface area contributed by atoms with E-state index in [1.54, 1.807) is 55.4 Å². The second kappa shape index (κ2) is 22.7. The van der Waals surface area contributed by atoms with Crippen molar-refractivity contribution in [2.24, 2.45) is 5.92 Å². The van der Waals surface area contributed by atoms with Crippen molar-refractivity contribution in [3.63, 3.8) is 0 Å². The Morgan fingerprint density at radius 3 is 1.88 bits per heavy atom. The summed E-state index contributed by atoms with van der Waals surface area (Å²) >= 11 is 0. The summed E-state index contributed by atoms with van der Waals surface area (Å²) in [6.45, 7) is 16.8. The summed E-state index contributed by atoms with van der Waals surface area (Å²) in [4.78, 5) is 103. The molecule has 19 nitrogen and oxygen atoms in total. The molecule has 57 heavy (non-hydrogen) atoms. The van der Waals surface area contributed by atoms with Crippen molar-refractivity contribution in [2.45, 2.75) is 150 Å². The lowest BCUT2D eigenvalue weighted by Gasteiger charge is -2.44. The summed E-state index contributed by atoms with van der Waals surface area (Å²) in [5.41, 5.74) is -1.68. The van der Waals surface area contributed by atoms with Crippen molar-refractivity contribution in [1.29, 1.82) is 0 Å². The highest BCUT2D eigenvalue weighted by Crippen LogP contribution is 2.30. The van der Waals surface area contributed by atoms with Crippen molar-refractivity contribution < 1.29 is 71.5 Å². The van der Waals surface area contributed by atoms with Gasteiger partial charge < -0.3 is 54.0 Å². The van der Waals surface area contributed by atoms with E-state index in [0.717, 1.165) is 32.6 Å². The van der Waals surface area contributed by atoms with Crippen LogP contribution in [0.15, 0.2) is 0 Å². The van der Waals surface area contributed by atoms with E-state index in [0.29, 0.717) is 0 Å². The molecule has 0 spiro atoms. The molecule has 0 saturated carbocycles. The van der Waals surface area contributed by atoms with Crippen LogP contribution in [0.3, 0.4) is 0 Å². The number of carbonyl (C=O) groups is 8. The van der Waals surface area contributed by atoms with Crippen LogP contribution < -0.4 is 16.0 Å². The largest absolute Gasteiger partial charge is 0.463 e. The number of hydrogen-bond donors (Lipinski definition) is 3. The van der Waals surface area contributed by atoms with Gasteiger partial charge in [0.1, 0.15) is 30.4 Å². The summed E-state index contributed by atoms with van der Waals surface area (Å²) in [5.74, 6) is -3.55. The lowest BCUT2D eigenvalue weighted by Crippen LogP contribution is -2.63. The van der Waals surface area contributed by atoms with Gasteiger partial charge in [-0.2, -0.15) is 0 Å². The van der Waals surface area contributed by atoms with Gasteiger partial charge in [0.05, 0.1) is 19.6 Å². The average Bonchev–Trinajstić information content (AvgIpc) is 3.04. The topological polar surface area (TPSA) is 240 Å². The van der Waals surface area contributed by atoms with E-state index in [1.807, 2.05) is 0 Å². The number of rotatable bonds is 18. The Kier molecular flexibility index (Phi) is 19.9. The molecular formula is C38H60N4O15. The van der Waals surface area contributed by atoms with Gasteiger partial charge in [0.2, 0.25) is 11.8 Å². The van der Waals surface area contributed by atoms with Crippen LogP contribution in [-0.4, -0.2) is 133 Å². The summed E-state index contributed by atoms with van der Waals surface area (Å²) in [5, 5.41) is 7.94. The van der Waals surface area contributed by atoms with Crippen LogP contribution in [0.25, 0.3) is 0 Å². The summed E-state index contributed by atoms with van der Waals surface area (Å²) in [7, 11) is 0. The molecule has 1 aliphatic rings. The van der Waals surface area contributed by atoms with Crippen molar-refractivity contribution in [3.8, 4) is 12.3 Å². The second-order valence-electron chi connectivity index (χ2n) is 15.6. The van der Waals surface area contributed by atoms with E-state index in [4.69, 9.17) is 39.6 Å². The molecule has 0 bridgehead atoms. The van der Waals surface area contributed by atoms with Crippen LogP contribution in [-0.2, 0) is 66.7 Å². The SMILES string of the molecule is C#CCNC(=O)CC(C(=O)N[C@H](C(=O)OC(C)(C)C)C(C)C)N(CCCO[C@@H]1O[C@H](COC(C)=O)[C@@H](OC(C)=O)[C@H](OC(C)=O)[C@H]1OC(C)=O)C(=O)NC(C)(C)C. The molecule has 19 heteroatoms. The van der Waals surface area contributed by atoms with Gasteiger partial charge in [0.25, 0.3) is 0 Å². The van der Waals surface area contributed by atoms with Crippen molar-refractivity contribution in [1.82, 2.24) is 20.9 Å². The molecule has 7 atom stereocenters. The number of urea groups is 1. The number of hydrogen-bond acceptors (Lipinski definition) is 15. The van der Waals surface area contributed by atoms with Gasteiger partial charge >= 0.3 is 35.9 Å². The van der Waals surface area contributed by atoms with E-state index < -0.39 is 121 Å². The number of esters is 5. The monoisotopic (exact) mass is 812 g/mol. The van der Waals surface area contributed by atoms with Gasteiger partial charge in [-0.05, 0) is 53.9 Å². The standard InChI is InChI=1S/C38H60N4O15/c1-14-16-39-28(47)19-26(33(48)40-29(21(2)3)34(49)57-38(11,12)13)42(36(50)41-37(8,9)10)17-15-18-51-35-32(55-25(7)46)31(54-24(6)45)30(53-23(5)44)27(56-35)20-52-22(4)43/h1,21,26-27,29-32,35H,15-20H2,2-13H3,(H,39,47)(H,40,48)(H,41,50)/t26?,27-,29+,30-,31+,32-,35-/m1/s1. The highest BCUT2D eigenvalue weighted by Gasteiger charge is 2.53. The van der Waals surface area contributed by atoms with Gasteiger partial charge in [0.15, 0.2) is 24.6 Å². The first-order chi connectivity index (χ1) is 26.3. The number of amides is 4. The van der Waals surface area contributed by atoms with Crippen LogP contribution in [0.5, 0.6) is 0 Å². The van der Waals surface area contributed by atoms with E-state index in [1.165, 1.54) is 0 Å². The number of nitrogens with one attached hydrogen (secondary N) is 3. The maximum atomic E-state index is 14.1. The van der Waals surface area contributed by atoms with Gasteiger partial charge in [-0.1, -0.05) is 19.8 Å². The van der Waals surface area contributed by atoms with Crippen LogP contribution in [0.1, 0.15) is 95.9 Å². The number of ether oxygens (including phenoxy) is 7. The maximum Gasteiger partial charge on any atom is 0.329 e. The molecule has 1 rings (SSSR count). The fourth-order valence-corrected chi connectivity index (χ4v) is 5.40. The Labute approximate surface area is 334 Å². The highest BCUT2D eigenvalue weighted by molar-refractivity contribution is 5.94. The Bertz CT molecular complexity index is 1480. The molecule has 322 valence electrons. The number of nitrogens with zero attached hydrogens (tertiary/aromatic N) is 1. The van der Waals surface area contributed by atoms with Gasteiger partial charge in [-0.15, -0.1) is 6.42 Å². The Morgan fingerprint density at radius 2 is 1.39 bits per heavy atom. The van der Waals surface area contributed by atoms with Gasteiger partial charge in [-0.3, -0.25) is 28.8 Å². The van der Waals surface area contributed by atoms with Crippen LogP contribution in [0.4, 0.5) is 4.79 Å². The first-order valence-electron chi connectivity index (χ1n) is 18.5. The second-order valence-corrected chi connectivity index (χ2v) is 15.6. The third-order valence-electron chi connectivity index (χ3n) is 7.59. The smallest absolute Gasteiger partial charge is 0.329 e. The van der Waals surface area contributed by atoms with Crippen molar-refractivity contribution >= 4 is 47.7 Å². The third kappa shape index (κ3) is 18.7. The Morgan fingerprint density at radius 1 is 0.825 bits per heavy atom. The van der Waals surface area contributed by atoms with Crippen LogP contribution >= 0.6 is 0 Å². The molecule has 0 aliphatic carbocycles. The van der Waals surface area contributed by atoms with Crippen molar-refractivity contribution in [3.05, 3.63) is 0 Å². The predicted octanol–water partition coefficient (Wildman–Crippen LogP) is 1.28. The predicted molar refractivity (Wildman–Crippen MR) is 200 cm³/mol. The zero-order valence-corrected chi connectivity index (χ0v) is 35.0. The molecule has 4 amide bonds. The Hall–Kier alpha value is -4.96. The zero-order chi connectivity index (χ0) is 43.8. The molecule has 1 saturated heterocycles. The molecule has 0 aromatic heterocycles. The van der Waals surface area contributed by atoms with E-state index in [-0.39, 0.29) is 26.1 Å². The number of carbonyl (C=O) groups excluding carboxylic acids is 8. The minimum atomic E-state index is -1.50.